The van der Waals surface area contributed by atoms with Gasteiger partial charge in [-0.05, 0) is 32.0 Å². The first-order valence-corrected chi connectivity index (χ1v) is 4.89. The lowest BCUT2D eigenvalue weighted by molar-refractivity contribution is 0.824. The van der Waals surface area contributed by atoms with E-state index in [2.05, 4.69) is 10.1 Å². The Morgan fingerprint density at radius 2 is 2.13 bits per heavy atom. The highest BCUT2D eigenvalue weighted by Gasteiger charge is 2.03. The van der Waals surface area contributed by atoms with E-state index in [0.717, 1.165) is 22.8 Å². The van der Waals surface area contributed by atoms with Crippen molar-refractivity contribution in [3.05, 3.63) is 41.5 Å². The second-order valence-corrected chi connectivity index (χ2v) is 3.55. The van der Waals surface area contributed by atoms with Crippen LogP contribution in [0.1, 0.15) is 17.1 Å². The van der Waals surface area contributed by atoms with Gasteiger partial charge in [0.05, 0.1) is 23.3 Å². The van der Waals surface area contributed by atoms with Gasteiger partial charge in [-0.15, -0.1) is 0 Å². The molecule has 0 aliphatic carbocycles. The van der Waals surface area contributed by atoms with Gasteiger partial charge in [-0.1, -0.05) is 0 Å². The number of nitrogens with zero attached hydrogens (tertiary/aromatic N) is 3. The number of nitrogens with two attached hydrogens (primary N) is 1. The summed E-state index contributed by atoms with van der Waals surface area (Å²) in [7, 11) is 0. The van der Waals surface area contributed by atoms with Gasteiger partial charge in [-0.2, -0.15) is 5.10 Å². The van der Waals surface area contributed by atoms with E-state index in [9.17, 15) is 0 Å². The number of aryl methyl sites for hydroxylation is 2. The third-order valence-electron chi connectivity index (χ3n) is 2.27. The minimum atomic E-state index is 0.470. The van der Waals surface area contributed by atoms with Gasteiger partial charge in [0.2, 0.25) is 0 Å². The molecule has 2 heterocycles. The standard InChI is InChI=1S/C11H14N4/c1-8-5-9(2)15(14-8)11-4-3-10(6-12)13-7-11/h3-5,7H,6,12H2,1-2H3. The van der Waals surface area contributed by atoms with Gasteiger partial charge in [0.15, 0.2) is 0 Å². The number of hydrogen-bond donors (Lipinski definition) is 1. The second kappa shape index (κ2) is 3.82. The zero-order valence-electron chi connectivity index (χ0n) is 8.94. The van der Waals surface area contributed by atoms with Gasteiger partial charge in [-0.25, -0.2) is 4.68 Å². The summed E-state index contributed by atoms with van der Waals surface area (Å²) >= 11 is 0. The summed E-state index contributed by atoms with van der Waals surface area (Å²) in [6.45, 7) is 4.47. The maximum absolute atomic E-state index is 5.49. The summed E-state index contributed by atoms with van der Waals surface area (Å²) in [4.78, 5) is 4.24. The average Bonchev–Trinajstić information content (AvgIpc) is 2.58. The van der Waals surface area contributed by atoms with Crippen LogP contribution in [0.4, 0.5) is 0 Å². The predicted molar refractivity (Wildman–Crippen MR) is 58.7 cm³/mol. The van der Waals surface area contributed by atoms with Crippen molar-refractivity contribution in [2.75, 3.05) is 0 Å². The maximum Gasteiger partial charge on any atom is 0.0832 e. The molecule has 15 heavy (non-hydrogen) atoms. The van der Waals surface area contributed by atoms with Crippen LogP contribution in [0.2, 0.25) is 0 Å². The van der Waals surface area contributed by atoms with E-state index in [1.54, 1.807) is 6.20 Å². The Bertz CT molecular complexity index is 456. The SMILES string of the molecule is Cc1cc(C)n(-c2ccc(CN)nc2)n1. The van der Waals surface area contributed by atoms with Crippen LogP contribution in [0, 0.1) is 13.8 Å². The van der Waals surface area contributed by atoms with E-state index in [0.29, 0.717) is 6.54 Å². The molecule has 78 valence electrons. The zero-order valence-corrected chi connectivity index (χ0v) is 8.94. The lowest BCUT2D eigenvalue weighted by atomic mass is 10.3. The molecule has 0 saturated heterocycles. The van der Waals surface area contributed by atoms with Crippen LogP contribution in [0.15, 0.2) is 24.4 Å². The van der Waals surface area contributed by atoms with Crippen molar-refractivity contribution in [2.24, 2.45) is 5.73 Å². The molecule has 0 unspecified atom stereocenters. The molecule has 0 saturated carbocycles. The lowest BCUT2D eigenvalue weighted by Crippen LogP contribution is -2.03. The van der Waals surface area contributed by atoms with E-state index in [1.807, 2.05) is 36.7 Å². The Balaban J connectivity index is 2.41. The van der Waals surface area contributed by atoms with Gasteiger partial charge in [0.25, 0.3) is 0 Å². The first kappa shape index (κ1) is 9.86. The fourth-order valence-electron chi connectivity index (χ4n) is 1.55. The molecule has 0 spiro atoms. The van der Waals surface area contributed by atoms with Crippen LogP contribution in [-0.4, -0.2) is 14.8 Å². The van der Waals surface area contributed by atoms with Crippen molar-refractivity contribution in [1.29, 1.82) is 0 Å². The monoisotopic (exact) mass is 202 g/mol. The molecule has 4 nitrogen and oxygen atoms in total. The smallest absolute Gasteiger partial charge is 0.0832 e. The molecule has 2 N–H and O–H groups in total. The van der Waals surface area contributed by atoms with Crippen molar-refractivity contribution in [1.82, 2.24) is 14.8 Å². The van der Waals surface area contributed by atoms with Gasteiger partial charge in [0.1, 0.15) is 0 Å². The van der Waals surface area contributed by atoms with E-state index in [-0.39, 0.29) is 0 Å². The summed E-state index contributed by atoms with van der Waals surface area (Å²) in [5.74, 6) is 0. The lowest BCUT2D eigenvalue weighted by Gasteiger charge is -2.04. The second-order valence-electron chi connectivity index (χ2n) is 3.55. The fraction of sp³-hybridized carbons (Fsp3) is 0.273. The molecule has 0 amide bonds. The van der Waals surface area contributed by atoms with Gasteiger partial charge >= 0.3 is 0 Å². The van der Waals surface area contributed by atoms with Crippen molar-refractivity contribution in [3.63, 3.8) is 0 Å². The molecule has 2 aromatic heterocycles. The van der Waals surface area contributed by atoms with Crippen LogP contribution >= 0.6 is 0 Å². The van der Waals surface area contributed by atoms with Crippen LogP contribution in [0.3, 0.4) is 0 Å². The molecular formula is C11H14N4. The molecule has 4 heteroatoms. The molecule has 0 radical (unpaired) electrons. The molecule has 0 aromatic carbocycles. The van der Waals surface area contributed by atoms with Gasteiger partial charge in [0, 0.05) is 12.2 Å². The normalized spacial score (nSPS) is 10.6. The minimum absolute atomic E-state index is 0.470. The van der Waals surface area contributed by atoms with Crippen LogP contribution in [0.5, 0.6) is 0 Å². The summed E-state index contributed by atoms with van der Waals surface area (Å²) < 4.78 is 1.88. The van der Waals surface area contributed by atoms with Crippen molar-refractivity contribution in [3.8, 4) is 5.69 Å². The Morgan fingerprint density at radius 1 is 1.33 bits per heavy atom. The summed E-state index contributed by atoms with van der Waals surface area (Å²) in [5, 5.41) is 4.38. The Morgan fingerprint density at radius 3 is 2.60 bits per heavy atom. The molecular weight excluding hydrogens is 188 g/mol. The van der Waals surface area contributed by atoms with Crippen molar-refractivity contribution < 1.29 is 0 Å². The largest absolute Gasteiger partial charge is 0.325 e. The molecule has 0 bridgehead atoms. The highest BCUT2D eigenvalue weighted by Crippen LogP contribution is 2.10. The minimum Gasteiger partial charge on any atom is -0.325 e. The number of aromatic nitrogens is 3. The Labute approximate surface area is 88.8 Å². The van der Waals surface area contributed by atoms with Crippen molar-refractivity contribution >= 4 is 0 Å². The highest BCUT2D eigenvalue weighted by atomic mass is 15.3. The first-order chi connectivity index (χ1) is 7.20. The fourth-order valence-corrected chi connectivity index (χ4v) is 1.55. The third-order valence-corrected chi connectivity index (χ3v) is 2.27. The molecule has 0 aliphatic heterocycles. The van der Waals surface area contributed by atoms with Gasteiger partial charge < -0.3 is 5.73 Å². The van der Waals surface area contributed by atoms with Crippen molar-refractivity contribution in [2.45, 2.75) is 20.4 Å². The van der Waals surface area contributed by atoms with E-state index >= 15 is 0 Å². The van der Waals surface area contributed by atoms with E-state index < -0.39 is 0 Å². The number of hydrogen-bond acceptors (Lipinski definition) is 3. The summed E-state index contributed by atoms with van der Waals surface area (Å²) in [6, 6.07) is 5.94. The molecule has 0 atom stereocenters. The Hall–Kier alpha value is -1.68. The summed E-state index contributed by atoms with van der Waals surface area (Å²) in [6.07, 6.45) is 1.79. The number of pyridine rings is 1. The third kappa shape index (κ3) is 1.89. The molecule has 2 aromatic rings. The van der Waals surface area contributed by atoms with Crippen LogP contribution < -0.4 is 5.73 Å². The number of rotatable bonds is 2. The maximum atomic E-state index is 5.49. The zero-order chi connectivity index (χ0) is 10.8. The molecule has 0 fully saturated rings. The quantitative estimate of drug-likeness (QED) is 0.799. The first-order valence-electron chi connectivity index (χ1n) is 4.89. The molecule has 2 rings (SSSR count). The van der Waals surface area contributed by atoms with E-state index in [4.69, 9.17) is 5.73 Å². The van der Waals surface area contributed by atoms with Gasteiger partial charge in [-0.3, -0.25) is 4.98 Å². The summed E-state index contributed by atoms with van der Waals surface area (Å²) in [5.41, 5.74) is 9.46. The van der Waals surface area contributed by atoms with Crippen LogP contribution in [-0.2, 0) is 6.54 Å². The average molecular weight is 202 g/mol. The van der Waals surface area contributed by atoms with E-state index in [1.165, 1.54) is 0 Å². The highest BCUT2D eigenvalue weighted by molar-refractivity contribution is 5.31. The molecule has 0 aliphatic rings. The predicted octanol–water partition coefficient (Wildman–Crippen LogP) is 1.34. The topological polar surface area (TPSA) is 56.7 Å². The van der Waals surface area contributed by atoms with Crippen LogP contribution in [0.25, 0.3) is 5.69 Å². The Kier molecular flexibility index (Phi) is 2.51.